The van der Waals surface area contributed by atoms with Crippen LogP contribution in [0.1, 0.15) is 20.8 Å². The first-order valence-electron chi connectivity index (χ1n) is 3.00. The topological polar surface area (TPSA) is 18.5 Å². The fraction of sp³-hybridized carbons (Fsp3) is 1.00. The van der Waals surface area contributed by atoms with Crippen molar-refractivity contribution in [2.45, 2.75) is 26.9 Å². The van der Waals surface area contributed by atoms with Gasteiger partial charge in [-0.05, 0) is 32.6 Å². The fourth-order valence-electron chi connectivity index (χ4n) is 0.344. The standard InChI is InChI=1S/C5H13O2PS/c1-4-6-8(9)7-5(2)3/h5,8H,4H2,1-3H3. The van der Waals surface area contributed by atoms with Crippen molar-refractivity contribution in [2.75, 3.05) is 6.61 Å². The smallest absolute Gasteiger partial charge is 0.176 e. The van der Waals surface area contributed by atoms with Crippen LogP contribution in [-0.4, -0.2) is 12.7 Å². The first-order valence-corrected chi connectivity index (χ1v) is 5.45. The van der Waals surface area contributed by atoms with Gasteiger partial charge in [0.15, 0.2) is 7.15 Å². The lowest BCUT2D eigenvalue weighted by Crippen LogP contribution is -1.95. The molecular weight excluding hydrogens is 155 g/mol. The highest BCUT2D eigenvalue weighted by molar-refractivity contribution is 8.00. The Bertz CT molecular complexity index is 95.0. The van der Waals surface area contributed by atoms with Crippen molar-refractivity contribution >= 4 is 19.0 Å². The van der Waals surface area contributed by atoms with E-state index in [4.69, 9.17) is 20.9 Å². The van der Waals surface area contributed by atoms with Gasteiger partial charge in [-0.1, -0.05) is 0 Å². The van der Waals surface area contributed by atoms with E-state index in [1.54, 1.807) is 0 Å². The number of hydrogen-bond acceptors (Lipinski definition) is 3. The van der Waals surface area contributed by atoms with Gasteiger partial charge < -0.3 is 9.05 Å². The van der Waals surface area contributed by atoms with Crippen molar-refractivity contribution in [1.29, 1.82) is 0 Å². The minimum atomic E-state index is -1.36. The van der Waals surface area contributed by atoms with Gasteiger partial charge in [0.1, 0.15) is 0 Å². The average molecular weight is 168 g/mol. The van der Waals surface area contributed by atoms with Crippen molar-refractivity contribution in [3.8, 4) is 0 Å². The maximum atomic E-state index is 5.18. The maximum absolute atomic E-state index is 5.18. The lowest BCUT2D eigenvalue weighted by Gasteiger charge is -2.08. The second-order valence-corrected chi connectivity index (χ2v) is 3.87. The van der Waals surface area contributed by atoms with Gasteiger partial charge in [0.25, 0.3) is 0 Å². The first-order chi connectivity index (χ1) is 4.16. The predicted octanol–water partition coefficient (Wildman–Crippen LogP) is 1.95. The van der Waals surface area contributed by atoms with Crippen LogP contribution in [0.15, 0.2) is 0 Å². The van der Waals surface area contributed by atoms with Gasteiger partial charge in [0.05, 0.1) is 12.7 Å². The van der Waals surface area contributed by atoms with Crippen LogP contribution in [0.25, 0.3) is 0 Å². The minimum Gasteiger partial charge on any atom is -0.332 e. The number of rotatable bonds is 4. The molecule has 0 aromatic carbocycles. The van der Waals surface area contributed by atoms with Crippen LogP contribution in [0.4, 0.5) is 0 Å². The van der Waals surface area contributed by atoms with Gasteiger partial charge in [-0.15, -0.1) is 0 Å². The van der Waals surface area contributed by atoms with Gasteiger partial charge >= 0.3 is 0 Å². The molecule has 0 aromatic rings. The van der Waals surface area contributed by atoms with Crippen LogP contribution in [0.5, 0.6) is 0 Å². The van der Waals surface area contributed by atoms with E-state index in [2.05, 4.69) is 0 Å². The van der Waals surface area contributed by atoms with Crippen LogP contribution in [-0.2, 0) is 20.9 Å². The summed E-state index contributed by atoms with van der Waals surface area (Å²) in [4.78, 5) is 0. The van der Waals surface area contributed by atoms with Crippen molar-refractivity contribution in [3.05, 3.63) is 0 Å². The Morgan fingerprint density at radius 2 is 2.11 bits per heavy atom. The average Bonchev–Trinajstić information content (AvgIpc) is 1.63. The Morgan fingerprint density at radius 1 is 1.56 bits per heavy atom. The van der Waals surface area contributed by atoms with Crippen LogP contribution >= 0.6 is 7.15 Å². The molecule has 0 radical (unpaired) electrons. The highest BCUT2D eigenvalue weighted by Crippen LogP contribution is 2.25. The summed E-state index contributed by atoms with van der Waals surface area (Å²) in [7, 11) is -1.36. The summed E-state index contributed by atoms with van der Waals surface area (Å²) >= 11 is 4.87. The Kier molecular flexibility index (Phi) is 5.70. The second kappa shape index (κ2) is 5.36. The quantitative estimate of drug-likeness (QED) is 0.598. The summed E-state index contributed by atoms with van der Waals surface area (Å²) in [6, 6.07) is 0. The van der Waals surface area contributed by atoms with Crippen LogP contribution in [0, 0.1) is 0 Å². The summed E-state index contributed by atoms with van der Waals surface area (Å²) in [6.45, 7) is 6.48. The van der Waals surface area contributed by atoms with Crippen molar-refractivity contribution in [1.82, 2.24) is 0 Å². The first kappa shape index (κ1) is 9.57. The van der Waals surface area contributed by atoms with Gasteiger partial charge in [-0.3, -0.25) is 0 Å². The molecule has 0 aliphatic rings. The van der Waals surface area contributed by atoms with E-state index in [0.29, 0.717) is 6.61 Å². The van der Waals surface area contributed by atoms with Crippen LogP contribution < -0.4 is 0 Å². The molecule has 0 aliphatic heterocycles. The zero-order valence-corrected chi connectivity index (χ0v) is 7.83. The molecule has 0 bridgehead atoms. The monoisotopic (exact) mass is 168 g/mol. The lowest BCUT2D eigenvalue weighted by molar-refractivity contribution is 0.224. The molecule has 0 aliphatic carbocycles. The third kappa shape index (κ3) is 6.46. The molecule has 0 N–H and O–H groups in total. The summed E-state index contributed by atoms with van der Waals surface area (Å²) in [5.41, 5.74) is 0. The molecule has 1 atom stereocenters. The molecular formula is C5H13O2PS. The third-order valence-electron chi connectivity index (χ3n) is 0.594. The molecule has 0 spiro atoms. The summed E-state index contributed by atoms with van der Waals surface area (Å²) in [6.07, 6.45) is 0.197. The Morgan fingerprint density at radius 3 is 2.44 bits per heavy atom. The van der Waals surface area contributed by atoms with E-state index < -0.39 is 7.15 Å². The van der Waals surface area contributed by atoms with E-state index in [0.717, 1.165) is 0 Å². The molecule has 56 valence electrons. The molecule has 0 aromatic heterocycles. The normalized spacial score (nSPS) is 14.2. The van der Waals surface area contributed by atoms with E-state index in [-0.39, 0.29) is 6.10 Å². The molecule has 0 fully saturated rings. The van der Waals surface area contributed by atoms with E-state index in [1.165, 1.54) is 0 Å². The highest BCUT2D eigenvalue weighted by atomic mass is 32.4. The molecule has 1 unspecified atom stereocenters. The second-order valence-electron chi connectivity index (χ2n) is 1.85. The molecule has 2 nitrogen and oxygen atoms in total. The molecule has 4 heteroatoms. The predicted molar refractivity (Wildman–Crippen MR) is 43.5 cm³/mol. The minimum absolute atomic E-state index is 0.197. The van der Waals surface area contributed by atoms with Crippen LogP contribution in [0.3, 0.4) is 0 Å². The lowest BCUT2D eigenvalue weighted by atomic mass is 10.5. The Balaban J connectivity index is 3.27. The SMILES string of the molecule is CCO[PH](=S)OC(C)C. The molecule has 0 rings (SSSR count). The van der Waals surface area contributed by atoms with Crippen molar-refractivity contribution in [2.24, 2.45) is 0 Å². The summed E-state index contributed by atoms with van der Waals surface area (Å²) in [5, 5.41) is 0. The van der Waals surface area contributed by atoms with Gasteiger partial charge in [0, 0.05) is 0 Å². The molecule has 0 amide bonds. The van der Waals surface area contributed by atoms with Crippen molar-refractivity contribution < 1.29 is 9.05 Å². The van der Waals surface area contributed by atoms with Gasteiger partial charge in [-0.2, -0.15) is 0 Å². The van der Waals surface area contributed by atoms with E-state index in [9.17, 15) is 0 Å². The maximum Gasteiger partial charge on any atom is 0.176 e. The van der Waals surface area contributed by atoms with E-state index >= 15 is 0 Å². The molecule has 0 saturated heterocycles. The Labute approximate surface area is 62.1 Å². The van der Waals surface area contributed by atoms with Gasteiger partial charge in [0.2, 0.25) is 0 Å². The number of hydrogen-bond donors (Lipinski definition) is 0. The largest absolute Gasteiger partial charge is 0.332 e. The third-order valence-corrected chi connectivity index (χ3v) is 2.42. The fourth-order valence-corrected chi connectivity index (χ4v) is 1.96. The highest BCUT2D eigenvalue weighted by Gasteiger charge is 1.95. The zero-order valence-electron chi connectivity index (χ0n) is 6.01. The summed E-state index contributed by atoms with van der Waals surface area (Å²) in [5.74, 6) is 0. The van der Waals surface area contributed by atoms with E-state index in [1.807, 2.05) is 20.8 Å². The summed E-state index contributed by atoms with van der Waals surface area (Å²) < 4.78 is 10.2. The van der Waals surface area contributed by atoms with Crippen LogP contribution in [0.2, 0.25) is 0 Å². The Hall–Kier alpha value is 0.570. The van der Waals surface area contributed by atoms with Crippen molar-refractivity contribution in [3.63, 3.8) is 0 Å². The van der Waals surface area contributed by atoms with Gasteiger partial charge in [-0.25, -0.2) is 0 Å². The zero-order chi connectivity index (χ0) is 7.28. The molecule has 0 saturated carbocycles. The molecule has 0 heterocycles. The molecule has 9 heavy (non-hydrogen) atoms.